The normalized spacial score (nSPS) is 21.1. The summed E-state index contributed by atoms with van der Waals surface area (Å²) in [6.07, 6.45) is 2.03. The maximum atomic E-state index is 13.4. The molecule has 1 aromatic rings. The summed E-state index contributed by atoms with van der Waals surface area (Å²) in [4.78, 5) is 2.22. The molecule has 90 valence electrons. The van der Waals surface area contributed by atoms with Gasteiger partial charge in [0, 0.05) is 13.1 Å². The summed E-state index contributed by atoms with van der Waals surface area (Å²) in [5.74, 6) is -0.104. The van der Waals surface area contributed by atoms with Crippen molar-refractivity contribution >= 4 is 15.9 Å². The summed E-state index contributed by atoms with van der Waals surface area (Å²) in [6, 6.07) is 7.41. The van der Waals surface area contributed by atoms with Crippen LogP contribution in [0.5, 0.6) is 0 Å². The Labute approximate surface area is 109 Å². The van der Waals surface area contributed by atoms with Crippen molar-refractivity contribution in [3.63, 3.8) is 0 Å². The van der Waals surface area contributed by atoms with Crippen molar-refractivity contribution in [2.75, 3.05) is 13.1 Å². The summed E-state index contributed by atoms with van der Waals surface area (Å²) in [5.41, 5.74) is 0.948. The number of nitriles is 1. The van der Waals surface area contributed by atoms with E-state index >= 15 is 0 Å². The van der Waals surface area contributed by atoms with E-state index in [0.29, 0.717) is 11.0 Å². The Bertz CT molecular complexity index is 442. The Morgan fingerprint density at radius 1 is 1.53 bits per heavy atom. The highest BCUT2D eigenvalue weighted by atomic mass is 79.9. The van der Waals surface area contributed by atoms with Crippen molar-refractivity contribution in [2.24, 2.45) is 5.92 Å². The molecule has 0 radical (unpaired) electrons. The molecule has 1 unspecified atom stereocenters. The van der Waals surface area contributed by atoms with Gasteiger partial charge in [0.05, 0.1) is 16.5 Å². The zero-order valence-corrected chi connectivity index (χ0v) is 11.1. The molecule has 2 rings (SSSR count). The highest BCUT2D eigenvalue weighted by molar-refractivity contribution is 9.10. The third kappa shape index (κ3) is 3.05. The van der Waals surface area contributed by atoms with E-state index in [4.69, 9.17) is 5.26 Å². The average Bonchev–Trinajstić information content (AvgIpc) is 2.35. The molecule has 17 heavy (non-hydrogen) atoms. The smallest absolute Gasteiger partial charge is 0.137 e. The monoisotopic (exact) mass is 296 g/mol. The van der Waals surface area contributed by atoms with Crippen LogP contribution < -0.4 is 0 Å². The second kappa shape index (κ2) is 5.61. The molecule has 0 aromatic heterocycles. The number of halogens is 2. The van der Waals surface area contributed by atoms with E-state index in [1.54, 1.807) is 6.07 Å². The van der Waals surface area contributed by atoms with Crippen LogP contribution in [0.15, 0.2) is 22.7 Å². The van der Waals surface area contributed by atoms with Crippen LogP contribution in [0.2, 0.25) is 0 Å². The van der Waals surface area contributed by atoms with Gasteiger partial charge in [0.25, 0.3) is 0 Å². The van der Waals surface area contributed by atoms with Gasteiger partial charge in [-0.2, -0.15) is 5.26 Å². The van der Waals surface area contributed by atoms with Gasteiger partial charge >= 0.3 is 0 Å². The van der Waals surface area contributed by atoms with Crippen molar-refractivity contribution < 1.29 is 4.39 Å². The molecule has 0 amide bonds. The molecule has 0 aliphatic carbocycles. The molecule has 1 aromatic carbocycles. The number of rotatable bonds is 2. The molecule has 1 heterocycles. The molecule has 4 heteroatoms. The first-order chi connectivity index (χ1) is 8.20. The maximum absolute atomic E-state index is 13.4. The third-order valence-electron chi connectivity index (χ3n) is 3.11. The average molecular weight is 297 g/mol. The minimum atomic E-state index is -0.226. The van der Waals surface area contributed by atoms with Crippen molar-refractivity contribution in [3.05, 3.63) is 34.1 Å². The molecule has 1 aliphatic rings. The summed E-state index contributed by atoms with van der Waals surface area (Å²) >= 11 is 3.27. The fourth-order valence-corrected chi connectivity index (χ4v) is 2.61. The summed E-state index contributed by atoms with van der Waals surface area (Å²) in [5, 5.41) is 8.93. The minimum absolute atomic E-state index is 0.121. The third-order valence-corrected chi connectivity index (χ3v) is 4.00. The predicted molar refractivity (Wildman–Crippen MR) is 67.7 cm³/mol. The molecule has 0 bridgehead atoms. The van der Waals surface area contributed by atoms with Gasteiger partial charge in [0.2, 0.25) is 0 Å². The lowest BCUT2D eigenvalue weighted by Crippen LogP contribution is -2.34. The number of benzene rings is 1. The van der Waals surface area contributed by atoms with Crippen LogP contribution >= 0.6 is 15.9 Å². The largest absolute Gasteiger partial charge is 0.298 e. The first-order valence-electron chi connectivity index (χ1n) is 5.75. The molecular weight excluding hydrogens is 283 g/mol. The lowest BCUT2D eigenvalue weighted by Gasteiger charge is -2.29. The number of piperidine rings is 1. The van der Waals surface area contributed by atoms with Crippen LogP contribution in [0.25, 0.3) is 0 Å². The van der Waals surface area contributed by atoms with Gasteiger partial charge in [0.15, 0.2) is 0 Å². The quantitative estimate of drug-likeness (QED) is 0.837. The van der Waals surface area contributed by atoms with Crippen molar-refractivity contribution in [2.45, 2.75) is 19.4 Å². The predicted octanol–water partition coefficient (Wildman–Crippen LogP) is 3.32. The number of hydrogen-bond acceptors (Lipinski definition) is 2. The van der Waals surface area contributed by atoms with Crippen LogP contribution in [0, 0.1) is 23.1 Å². The molecule has 1 aliphatic heterocycles. The van der Waals surface area contributed by atoms with E-state index in [2.05, 4.69) is 26.9 Å². The first-order valence-corrected chi connectivity index (χ1v) is 6.55. The summed E-state index contributed by atoms with van der Waals surface area (Å²) in [6.45, 7) is 2.48. The molecule has 0 spiro atoms. The SMILES string of the molecule is N#CC1CCCN(Cc2cccc(F)c2Br)C1. The Morgan fingerprint density at radius 3 is 3.12 bits per heavy atom. The van der Waals surface area contributed by atoms with Gasteiger partial charge < -0.3 is 0 Å². The maximum Gasteiger partial charge on any atom is 0.137 e. The second-order valence-electron chi connectivity index (χ2n) is 4.42. The van der Waals surface area contributed by atoms with Crippen molar-refractivity contribution in [1.82, 2.24) is 4.90 Å². The number of nitrogens with zero attached hydrogens (tertiary/aromatic N) is 2. The van der Waals surface area contributed by atoms with Gasteiger partial charge in [-0.25, -0.2) is 4.39 Å². The van der Waals surface area contributed by atoms with Crippen LogP contribution in [-0.4, -0.2) is 18.0 Å². The minimum Gasteiger partial charge on any atom is -0.298 e. The van der Waals surface area contributed by atoms with E-state index < -0.39 is 0 Å². The van der Waals surface area contributed by atoms with Crippen LogP contribution in [0.4, 0.5) is 4.39 Å². The highest BCUT2D eigenvalue weighted by Gasteiger charge is 2.20. The van der Waals surface area contributed by atoms with Gasteiger partial charge in [-0.1, -0.05) is 12.1 Å². The zero-order chi connectivity index (χ0) is 12.3. The van der Waals surface area contributed by atoms with E-state index in [0.717, 1.165) is 31.5 Å². The highest BCUT2D eigenvalue weighted by Crippen LogP contribution is 2.24. The molecule has 1 fully saturated rings. The standard InChI is InChI=1S/C13H14BrFN2/c14-13-11(4-1-5-12(13)15)9-17-6-2-3-10(7-16)8-17/h1,4-5,10H,2-3,6,8-9H2. The fraction of sp³-hybridized carbons (Fsp3) is 0.462. The van der Waals surface area contributed by atoms with E-state index in [1.165, 1.54) is 6.07 Å². The molecule has 1 atom stereocenters. The Balaban J connectivity index is 2.06. The summed E-state index contributed by atoms with van der Waals surface area (Å²) in [7, 11) is 0. The number of hydrogen-bond donors (Lipinski definition) is 0. The van der Waals surface area contributed by atoms with Crippen molar-refractivity contribution in [1.29, 1.82) is 5.26 Å². The van der Waals surface area contributed by atoms with Crippen LogP contribution in [0.3, 0.4) is 0 Å². The number of likely N-dealkylation sites (tertiary alicyclic amines) is 1. The zero-order valence-electron chi connectivity index (χ0n) is 9.50. The topological polar surface area (TPSA) is 27.0 Å². The first kappa shape index (κ1) is 12.5. The molecule has 1 saturated heterocycles. The molecular formula is C13H14BrFN2. The van der Waals surface area contributed by atoms with Gasteiger partial charge in [0.1, 0.15) is 5.82 Å². The van der Waals surface area contributed by atoms with E-state index in [-0.39, 0.29) is 11.7 Å². The van der Waals surface area contributed by atoms with E-state index in [1.807, 2.05) is 6.07 Å². The fourth-order valence-electron chi connectivity index (χ4n) is 2.22. The molecule has 0 N–H and O–H groups in total. The molecule has 2 nitrogen and oxygen atoms in total. The van der Waals surface area contributed by atoms with Crippen LogP contribution in [0.1, 0.15) is 18.4 Å². The van der Waals surface area contributed by atoms with Gasteiger partial charge in [-0.3, -0.25) is 4.90 Å². The van der Waals surface area contributed by atoms with Gasteiger partial charge in [-0.05, 0) is 46.9 Å². The van der Waals surface area contributed by atoms with E-state index in [9.17, 15) is 4.39 Å². The Kier molecular flexibility index (Phi) is 4.14. The lowest BCUT2D eigenvalue weighted by atomic mass is 9.99. The second-order valence-corrected chi connectivity index (χ2v) is 5.21. The Morgan fingerprint density at radius 2 is 2.35 bits per heavy atom. The summed E-state index contributed by atoms with van der Waals surface area (Å²) < 4.78 is 13.9. The Hall–Kier alpha value is -0.920. The molecule has 0 saturated carbocycles. The lowest BCUT2D eigenvalue weighted by molar-refractivity contribution is 0.191. The van der Waals surface area contributed by atoms with Crippen LogP contribution in [-0.2, 0) is 6.54 Å². The van der Waals surface area contributed by atoms with Gasteiger partial charge in [-0.15, -0.1) is 0 Å². The van der Waals surface area contributed by atoms with Crippen molar-refractivity contribution in [3.8, 4) is 6.07 Å².